The Morgan fingerprint density at radius 2 is 1.88 bits per heavy atom. The smallest absolute Gasteiger partial charge is 0.220 e. The van der Waals surface area contributed by atoms with Crippen LogP contribution in [0.1, 0.15) is 58.8 Å². The molecule has 0 aromatic carbocycles. The second-order valence-corrected chi connectivity index (χ2v) is 5.49. The molecule has 1 amide bonds. The highest BCUT2D eigenvalue weighted by Crippen LogP contribution is 2.30. The molecule has 0 aromatic heterocycles. The van der Waals surface area contributed by atoms with Crippen LogP contribution in [-0.4, -0.2) is 23.7 Å². The molecule has 0 spiro atoms. The SMILES string of the molecule is CCC1CCC(CNC(=O)CCC(C)O)CC1. The van der Waals surface area contributed by atoms with Crippen LogP contribution in [-0.2, 0) is 4.79 Å². The summed E-state index contributed by atoms with van der Waals surface area (Å²) in [5.74, 6) is 1.68. The maximum absolute atomic E-state index is 11.5. The van der Waals surface area contributed by atoms with Gasteiger partial charge in [-0.15, -0.1) is 0 Å². The lowest BCUT2D eigenvalue weighted by molar-refractivity contribution is -0.121. The summed E-state index contributed by atoms with van der Waals surface area (Å²) < 4.78 is 0. The van der Waals surface area contributed by atoms with Gasteiger partial charge < -0.3 is 10.4 Å². The molecule has 1 aliphatic carbocycles. The number of carbonyl (C=O) groups is 1. The topological polar surface area (TPSA) is 49.3 Å². The van der Waals surface area contributed by atoms with Crippen molar-refractivity contribution in [2.24, 2.45) is 11.8 Å². The van der Waals surface area contributed by atoms with Gasteiger partial charge in [-0.25, -0.2) is 0 Å². The molecule has 1 rings (SSSR count). The molecule has 17 heavy (non-hydrogen) atoms. The third-order valence-corrected chi connectivity index (χ3v) is 3.92. The van der Waals surface area contributed by atoms with Crippen molar-refractivity contribution in [1.82, 2.24) is 5.32 Å². The molecule has 0 aromatic rings. The molecule has 1 fully saturated rings. The van der Waals surface area contributed by atoms with Crippen molar-refractivity contribution in [2.75, 3.05) is 6.54 Å². The fourth-order valence-corrected chi connectivity index (χ4v) is 2.53. The molecule has 0 heterocycles. The van der Waals surface area contributed by atoms with Gasteiger partial charge in [0.1, 0.15) is 0 Å². The molecule has 1 aliphatic rings. The van der Waals surface area contributed by atoms with Crippen LogP contribution in [0.3, 0.4) is 0 Å². The Morgan fingerprint density at radius 3 is 2.41 bits per heavy atom. The lowest BCUT2D eigenvalue weighted by Crippen LogP contribution is -2.31. The lowest BCUT2D eigenvalue weighted by atomic mass is 9.81. The highest BCUT2D eigenvalue weighted by atomic mass is 16.3. The van der Waals surface area contributed by atoms with Crippen LogP contribution in [0.15, 0.2) is 0 Å². The Kier molecular flexibility index (Phi) is 6.56. The molecule has 2 N–H and O–H groups in total. The summed E-state index contributed by atoms with van der Waals surface area (Å²) >= 11 is 0. The molecule has 0 bridgehead atoms. The maximum Gasteiger partial charge on any atom is 0.220 e. The van der Waals surface area contributed by atoms with Crippen LogP contribution in [0.2, 0.25) is 0 Å². The Hall–Kier alpha value is -0.570. The quantitative estimate of drug-likeness (QED) is 0.750. The summed E-state index contributed by atoms with van der Waals surface area (Å²) in [7, 11) is 0. The first-order valence-corrected chi connectivity index (χ1v) is 7.06. The number of hydrogen-bond donors (Lipinski definition) is 2. The van der Waals surface area contributed by atoms with Crippen molar-refractivity contribution < 1.29 is 9.90 Å². The molecular formula is C14H27NO2. The van der Waals surface area contributed by atoms with Gasteiger partial charge in [0.05, 0.1) is 6.10 Å². The summed E-state index contributed by atoms with van der Waals surface area (Å²) in [6.45, 7) is 4.82. The van der Waals surface area contributed by atoms with Crippen molar-refractivity contribution in [1.29, 1.82) is 0 Å². The molecular weight excluding hydrogens is 214 g/mol. The normalized spacial score (nSPS) is 26.5. The minimum absolute atomic E-state index is 0.0866. The summed E-state index contributed by atoms with van der Waals surface area (Å²) in [6.07, 6.45) is 7.10. The predicted octanol–water partition coefficient (Wildman–Crippen LogP) is 2.48. The van der Waals surface area contributed by atoms with Crippen molar-refractivity contribution in [2.45, 2.75) is 64.9 Å². The zero-order chi connectivity index (χ0) is 12.7. The molecule has 100 valence electrons. The zero-order valence-corrected chi connectivity index (χ0v) is 11.2. The number of aliphatic hydroxyl groups is 1. The number of carbonyl (C=O) groups excluding carboxylic acids is 1. The van der Waals surface area contributed by atoms with Gasteiger partial charge in [0.25, 0.3) is 0 Å². The molecule has 1 atom stereocenters. The van der Waals surface area contributed by atoms with Gasteiger partial charge in [0.2, 0.25) is 5.91 Å². The minimum Gasteiger partial charge on any atom is -0.393 e. The molecule has 1 saturated carbocycles. The van der Waals surface area contributed by atoms with Gasteiger partial charge in [-0.05, 0) is 38.0 Å². The molecule has 3 heteroatoms. The lowest BCUT2D eigenvalue weighted by Gasteiger charge is -2.27. The fourth-order valence-electron chi connectivity index (χ4n) is 2.53. The van der Waals surface area contributed by atoms with Crippen molar-refractivity contribution in [3.63, 3.8) is 0 Å². The van der Waals surface area contributed by atoms with Crippen LogP contribution in [0.5, 0.6) is 0 Å². The van der Waals surface area contributed by atoms with E-state index in [0.29, 0.717) is 18.8 Å². The summed E-state index contributed by atoms with van der Waals surface area (Å²) in [6, 6.07) is 0. The van der Waals surface area contributed by atoms with Gasteiger partial charge in [0.15, 0.2) is 0 Å². The fraction of sp³-hybridized carbons (Fsp3) is 0.929. The van der Waals surface area contributed by atoms with Crippen LogP contribution >= 0.6 is 0 Å². The van der Waals surface area contributed by atoms with E-state index < -0.39 is 0 Å². The molecule has 3 nitrogen and oxygen atoms in total. The number of nitrogens with one attached hydrogen (secondary N) is 1. The summed E-state index contributed by atoms with van der Waals surface area (Å²) in [5, 5.41) is 12.1. The van der Waals surface area contributed by atoms with Gasteiger partial charge >= 0.3 is 0 Å². The second kappa shape index (κ2) is 7.70. The molecule has 0 saturated heterocycles. The van der Waals surface area contributed by atoms with E-state index >= 15 is 0 Å². The first-order chi connectivity index (χ1) is 8.11. The number of hydrogen-bond acceptors (Lipinski definition) is 2. The maximum atomic E-state index is 11.5. The average molecular weight is 241 g/mol. The van der Waals surface area contributed by atoms with Crippen molar-refractivity contribution in [3.8, 4) is 0 Å². The third kappa shape index (κ3) is 6.06. The van der Waals surface area contributed by atoms with E-state index in [9.17, 15) is 4.79 Å². The van der Waals surface area contributed by atoms with Crippen molar-refractivity contribution >= 4 is 5.91 Å². The molecule has 0 aliphatic heterocycles. The first kappa shape index (κ1) is 14.5. The Bertz CT molecular complexity index is 220. The van der Waals surface area contributed by atoms with E-state index in [0.717, 1.165) is 12.5 Å². The monoisotopic (exact) mass is 241 g/mol. The number of aliphatic hydroxyl groups excluding tert-OH is 1. The van der Waals surface area contributed by atoms with Gasteiger partial charge in [-0.3, -0.25) is 4.79 Å². The van der Waals surface area contributed by atoms with Crippen LogP contribution in [0.4, 0.5) is 0 Å². The third-order valence-electron chi connectivity index (χ3n) is 3.92. The zero-order valence-electron chi connectivity index (χ0n) is 11.2. The van der Waals surface area contributed by atoms with E-state index in [1.165, 1.54) is 32.1 Å². The molecule has 0 radical (unpaired) electrons. The van der Waals surface area contributed by atoms with Gasteiger partial charge in [-0.1, -0.05) is 26.2 Å². The predicted molar refractivity (Wildman–Crippen MR) is 69.7 cm³/mol. The van der Waals surface area contributed by atoms with E-state index in [4.69, 9.17) is 5.11 Å². The van der Waals surface area contributed by atoms with E-state index in [1.54, 1.807) is 6.92 Å². The van der Waals surface area contributed by atoms with E-state index in [1.807, 2.05) is 0 Å². The summed E-state index contributed by atoms with van der Waals surface area (Å²) in [4.78, 5) is 11.5. The standard InChI is InChI=1S/C14H27NO2/c1-3-12-5-7-13(8-6-12)10-15-14(17)9-4-11(2)16/h11-13,16H,3-10H2,1-2H3,(H,15,17). The first-order valence-electron chi connectivity index (χ1n) is 7.06. The Morgan fingerprint density at radius 1 is 1.29 bits per heavy atom. The van der Waals surface area contributed by atoms with E-state index in [2.05, 4.69) is 12.2 Å². The summed E-state index contributed by atoms with van der Waals surface area (Å²) in [5.41, 5.74) is 0. The highest BCUT2D eigenvalue weighted by molar-refractivity contribution is 5.75. The van der Waals surface area contributed by atoms with Gasteiger partial charge in [-0.2, -0.15) is 0 Å². The van der Waals surface area contributed by atoms with Crippen molar-refractivity contribution in [3.05, 3.63) is 0 Å². The molecule has 1 unspecified atom stereocenters. The van der Waals surface area contributed by atoms with E-state index in [-0.39, 0.29) is 12.0 Å². The Labute approximate surface area is 105 Å². The largest absolute Gasteiger partial charge is 0.393 e. The highest BCUT2D eigenvalue weighted by Gasteiger charge is 2.20. The number of rotatable bonds is 6. The Balaban J connectivity index is 2.08. The van der Waals surface area contributed by atoms with Gasteiger partial charge in [0, 0.05) is 13.0 Å². The van der Waals surface area contributed by atoms with Crippen LogP contribution in [0.25, 0.3) is 0 Å². The average Bonchev–Trinajstić information content (AvgIpc) is 2.34. The van der Waals surface area contributed by atoms with Crippen LogP contribution in [0, 0.1) is 11.8 Å². The number of amides is 1. The minimum atomic E-state index is -0.374. The second-order valence-electron chi connectivity index (χ2n) is 5.49. The van der Waals surface area contributed by atoms with Crippen LogP contribution < -0.4 is 5.32 Å².